The van der Waals surface area contributed by atoms with Crippen LogP contribution >= 0.6 is 23.2 Å². The van der Waals surface area contributed by atoms with Gasteiger partial charge in [0, 0.05) is 11.6 Å². The maximum absolute atomic E-state index is 14.1. The minimum absolute atomic E-state index is 0.0898. The van der Waals surface area contributed by atoms with Crippen molar-refractivity contribution in [2.75, 3.05) is 0 Å². The van der Waals surface area contributed by atoms with Crippen LogP contribution in [0.5, 0.6) is 5.75 Å². The Kier molecular flexibility index (Phi) is 8.08. The van der Waals surface area contributed by atoms with E-state index in [0.717, 1.165) is 11.6 Å². The maximum Gasteiger partial charge on any atom is 0.340 e. The number of rotatable bonds is 8. The van der Waals surface area contributed by atoms with Gasteiger partial charge in [-0.15, -0.1) is 0 Å². The van der Waals surface area contributed by atoms with Crippen LogP contribution < -0.4 is 5.32 Å². The Bertz CT molecular complexity index is 814. The van der Waals surface area contributed by atoms with Crippen molar-refractivity contribution in [2.45, 2.75) is 36.7 Å². The van der Waals surface area contributed by atoms with Gasteiger partial charge in [0.1, 0.15) is 11.6 Å². The van der Waals surface area contributed by atoms with Gasteiger partial charge in [0.15, 0.2) is 0 Å². The summed E-state index contributed by atoms with van der Waals surface area (Å²) in [6.07, 6.45) is -0.274. The molecule has 0 saturated carbocycles. The van der Waals surface area contributed by atoms with Gasteiger partial charge in [-0.3, -0.25) is 4.79 Å². The van der Waals surface area contributed by atoms with E-state index in [4.69, 9.17) is 27.9 Å². The fourth-order valence-electron chi connectivity index (χ4n) is 2.55. The van der Waals surface area contributed by atoms with E-state index < -0.39 is 28.6 Å². The molecular weight excluding hydrogens is 408 g/mol. The first-order chi connectivity index (χ1) is 13.3. The molecule has 2 N–H and O–H groups in total. The van der Waals surface area contributed by atoms with E-state index in [0.29, 0.717) is 12.8 Å². The van der Waals surface area contributed by atoms with Crippen LogP contribution in [0.4, 0.5) is 4.39 Å². The Labute approximate surface area is 172 Å². The molecule has 0 fully saturated rings. The summed E-state index contributed by atoms with van der Waals surface area (Å²) in [4.78, 5) is 22.9. The number of hydrogen-bond donors (Lipinski definition) is 2. The molecule has 28 heavy (non-hydrogen) atoms. The molecule has 0 bridgehead atoms. The van der Waals surface area contributed by atoms with Crippen molar-refractivity contribution in [3.8, 4) is 5.75 Å². The highest BCUT2D eigenvalue weighted by atomic mass is 35.5. The number of halogens is 3. The van der Waals surface area contributed by atoms with Gasteiger partial charge in [0.2, 0.25) is 10.9 Å². The van der Waals surface area contributed by atoms with Crippen LogP contribution in [0.1, 0.15) is 30.6 Å². The third-order valence-corrected chi connectivity index (χ3v) is 4.39. The van der Waals surface area contributed by atoms with Crippen molar-refractivity contribution in [2.24, 2.45) is 0 Å². The molecule has 2 atom stereocenters. The molecule has 8 heteroatoms. The van der Waals surface area contributed by atoms with Crippen molar-refractivity contribution in [3.05, 3.63) is 65.5 Å². The zero-order chi connectivity index (χ0) is 20.7. The van der Waals surface area contributed by atoms with Crippen molar-refractivity contribution in [3.63, 3.8) is 0 Å². The van der Waals surface area contributed by atoms with Crippen molar-refractivity contribution >= 4 is 35.1 Å². The quantitative estimate of drug-likeness (QED) is 0.491. The molecule has 0 spiro atoms. The lowest BCUT2D eigenvalue weighted by atomic mass is 10.0. The Morgan fingerprint density at radius 3 is 2.39 bits per heavy atom. The lowest BCUT2D eigenvalue weighted by Crippen LogP contribution is -2.39. The number of aryl methyl sites for hydroxylation is 1. The number of benzene rings is 2. The van der Waals surface area contributed by atoms with Gasteiger partial charge in [-0.05, 0) is 43.5 Å². The monoisotopic (exact) mass is 427 g/mol. The highest BCUT2D eigenvalue weighted by Crippen LogP contribution is 2.23. The summed E-state index contributed by atoms with van der Waals surface area (Å²) in [5, 5.41) is 12.0. The summed E-state index contributed by atoms with van der Waals surface area (Å²) in [5.74, 6) is -2.22. The molecule has 150 valence electrons. The number of ether oxygens (including phenoxy) is 1. The lowest BCUT2D eigenvalue weighted by molar-refractivity contribution is -0.155. The Balaban J connectivity index is 2.05. The Morgan fingerprint density at radius 2 is 1.79 bits per heavy atom. The molecule has 2 aromatic carbocycles. The van der Waals surface area contributed by atoms with E-state index in [2.05, 4.69) is 5.32 Å². The molecule has 0 saturated heterocycles. The SMILES string of the molecule is CC(CCc1ccc(O)cc1)NC(=O)C(OC(=O)C(Cl)Cl)c1ccccc1F. The van der Waals surface area contributed by atoms with Crippen LogP contribution in [0.3, 0.4) is 0 Å². The molecule has 2 aromatic rings. The number of amides is 1. The largest absolute Gasteiger partial charge is 0.508 e. The lowest BCUT2D eigenvalue weighted by Gasteiger charge is -2.21. The average Bonchev–Trinajstić information content (AvgIpc) is 2.66. The van der Waals surface area contributed by atoms with Crippen LogP contribution in [0.2, 0.25) is 0 Å². The Morgan fingerprint density at radius 1 is 1.14 bits per heavy atom. The zero-order valence-electron chi connectivity index (χ0n) is 15.1. The van der Waals surface area contributed by atoms with E-state index in [1.54, 1.807) is 31.2 Å². The third-order valence-electron chi connectivity index (χ3n) is 4.03. The first kappa shape index (κ1) is 22.0. The summed E-state index contributed by atoms with van der Waals surface area (Å²) < 4.78 is 19.2. The van der Waals surface area contributed by atoms with E-state index in [9.17, 15) is 19.1 Å². The van der Waals surface area contributed by atoms with Gasteiger partial charge in [-0.25, -0.2) is 9.18 Å². The second-order valence-electron chi connectivity index (χ2n) is 6.25. The standard InChI is InChI=1S/C20H20Cl2FNO4/c1-12(6-7-13-8-10-14(25)11-9-13)24-19(26)17(28-20(27)18(21)22)15-4-2-3-5-16(15)23/h2-5,8-12,17-18,25H,6-7H2,1H3,(H,24,26). The van der Waals surface area contributed by atoms with Gasteiger partial charge in [-0.1, -0.05) is 53.5 Å². The molecule has 2 rings (SSSR count). The second-order valence-corrected chi connectivity index (χ2v) is 7.35. The van der Waals surface area contributed by atoms with Crippen LogP contribution in [-0.2, 0) is 20.7 Å². The molecule has 0 aliphatic carbocycles. The summed E-state index contributed by atoms with van der Waals surface area (Å²) in [7, 11) is 0. The molecule has 0 aromatic heterocycles. The molecule has 1 amide bonds. The van der Waals surface area contributed by atoms with E-state index in [-0.39, 0.29) is 17.4 Å². The first-order valence-corrected chi connectivity index (χ1v) is 9.46. The molecule has 0 aliphatic heterocycles. The number of carbonyl (C=O) groups is 2. The van der Waals surface area contributed by atoms with E-state index in [1.165, 1.54) is 18.2 Å². The molecular formula is C20H20Cl2FNO4. The fraction of sp³-hybridized carbons (Fsp3) is 0.300. The summed E-state index contributed by atoms with van der Waals surface area (Å²) in [6.45, 7) is 1.78. The van der Waals surface area contributed by atoms with Gasteiger partial charge in [0.05, 0.1) is 0 Å². The smallest absolute Gasteiger partial charge is 0.340 e. The minimum atomic E-state index is -1.51. The predicted molar refractivity (Wildman–Crippen MR) is 105 cm³/mol. The number of phenols is 1. The maximum atomic E-state index is 14.1. The number of phenolic OH excluding ortho intramolecular Hbond substituents is 1. The highest BCUT2D eigenvalue weighted by Gasteiger charge is 2.30. The summed E-state index contributed by atoms with van der Waals surface area (Å²) in [6, 6.07) is 12.0. The summed E-state index contributed by atoms with van der Waals surface area (Å²) >= 11 is 11.0. The minimum Gasteiger partial charge on any atom is -0.508 e. The first-order valence-electron chi connectivity index (χ1n) is 8.59. The number of esters is 1. The fourth-order valence-corrected chi connectivity index (χ4v) is 2.65. The molecule has 0 heterocycles. The van der Waals surface area contributed by atoms with Gasteiger partial charge in [0.25, 0.3) is 5.91 Å². The van der Waals surface area contributed by atoms with E-state index >= 15 is 0 Å². The van der Waals surface area contributed by atoms with Gasteiger partial charge in [-0.2, -0.15) is 0 Å². The van der Waals surface area contributed by atoms with Crippen LogP contribution in [0.15, 0.2) is 48.5 Å². The van der Waals surface area contributed by atoms with Crippen LogP contribution in [-0.4, -0.2) is 27.9 Å². The van der Waals surface area contributed by atoms with Gasteiger partial charge >= 0.3 is 5.97 Å². The number of nitrogens with one attached hydrogen (secondary N) is 1. The molecule has 2 unspecified atom stereocenters. The average molecular weight is 428 g/mol. The number of aromatic hydroxyl groups is 1. The van der Waals surface area contributed by atoms with Crippen molar-refractivity contribution < 1.29 is 23.8 Å². The summed E-state index contributed by atoms with van der Waals surface area (Å²) in [5.41, 5.74) is 0.899. The topological polar surface area (TPSA) is 75.6 Å². The third kappa shape index (κ3) is 6.39. The normalized spacial score (nSPS) is 13.0. The predicted octanol–water partition coefficient (Wildman–Crippen LogP) is 4.06. The molecule has 0 radical (unpaired) electrons. The molecule has 5 nitrogen and oxygen atoms in total. The van der Waals surface area contributed by atoms with Crippen LogP contribution in [0, 0.1) is 5.82 Å². The molecule has 0 aliphatic rings. The van der Waals surface area contributed by atoms with E-state index in [1.807, 2.05) is 0 Å². The number of carbonyl (C=O) groups excluding carboxylic acids is 2. The van der Waals surface area contributed by atoms with Gasteiger partial charge < -0.3 is 15.2 Å². The second kappa shape index (κ2) is 10.3. The highest BCUT2D eigenvalue weighted by molar-refractivity contribution is 6.52. The number of hydrogen-bond acceptors (Lipinski definition) is 4. The van der Waals surface area contributed by atoms with Crippen LogP contribution in [0.25, 0.3) is 0 Å². The number of alkyl halides is 2. The Hall–Kier alpha value is -2.31. The van der Waals surface area contributed by atoms with Crippen molar-refractivity contribution in [1.29, 1.82) is 0 Å². The zero-order valence-corrected chi connectivity index (χ0v) is 16.6. The van der Waals surface area contributed by atoms with Crippen molar-refractivity contribution in [1.82, 2.24) is 5.32 Å².